The van der Waals surface area contributed by atoms with E-state index < -0.39 is 22.2 Å². The van der Waals surface area contributed by atoms with Crippen LogP contribution < -0.4 is 4.72 Å². The van der Waals surface area contributed by atoms with E-state index in [1.54, 1.807) is 18.2 Å². The predicted molar refractivity (Wildman–Crippen MR) is 83.4 cm³/mol. The van der Waals surface area contributed by atoms with Crippen LogP contribution in [-0.4, -0.2) is 19.6 Å². The molecule has 2 aromatic rings. The van der Waals surface area contributed by atoms with Crippen molar-refractivity contribution in [3.63, 3.8) is 0 Å². The Balaban J connectivity index is 1.95. The maximum Gasteiger partial charge on any atom is 0.242 e. The molecule has 0 amide bonds. The van der Waals surface area contributed by atoms with Gasteiger partial charge in [0.25, 0.3) is 0 Å². The molecule has 0 bridgehead atoms. The summed E-state index contributed by atoms with van der Waals surface area (Å²) in [7, 11) is -3.71. The Kier molecular flexibility index (Phi) is 3.88. The van der Waals surface area contributed by atoms with Crippen LogP contribution in [0.4, 0.5) is 0 Å². The minimum absolute atomic E-state index is 0.168. The van der Waals surface area contributed by atoms with Gasteiger partial charge in [0.2, 0.25) is 10.0 Å². The molecular weight excluding hydrogens is 354 g/mol. The van der Waals surface area contributed by atoms with Crippen molar-refractivity contribution in [3.05, 3.63) is 64.1 Å². The highest BCUT2D eigenvalue weighted by molar-refractivity contribution is 9.10. The van der Waals surface area contributed by atoms with Gasteiger partial charge in [-0.2, -0.15) is 0 Å². The van der Waals surface area contributed by atoms with Gasteiger partial charge in [-0.3, -0.25) is 0 Å². The average Bonchev–Trinajstić information content (AvgIpc) is 2.75. The summed E-state index contributed by atoms with van der Waals surface area (Å²) in [6.07, 6.45) is -0.293. The van der Waals surface area contributed by atoms with Gasteiger partial charge in [-0.25, -0.2) is 13.1 Å². The van der Waals surface area contributed by atoms with Gasteiger partial charge in [-0.1, -0.05) is 36.4 Å². The molecule has 6 heteroatoms. The van der Waals surface area contributed by atoms with Crippen LogP contribution in [0.15, 0.2) is 57.9 Å². The van der Waals surface area contributed by atoms with Crippen molar-refractivity contribution in [2.24, 2.45) is 0 Å². The van der Waals surface area contributed by atoms with Crippen molar-refractivity contribution >= 4 is 26.0 Å². The maximum absolute atomic E-state index is 12.5. The Hall–Kier alpha value is -1.21. The first kappa shape index (κ1) is 14.7. The standard InChI is InChI=1S/C15H14BrNO3S/c16-12-7-3-4-8-14(12)21(19,20)17-15-11-6-2-1-5-10(11)9-13(15)18/h1-8,13,15,17-18H,9H2/t13-,15-/m0/s1. The van der Waals surface area contributed by atoms with Gasteiger partial charge in [0.1, 0.15) is 0 Å². The van der Waals surface area contributed by atoms with E-state index in [0.29, 0.717) is 10.9 Å². The summed E-state index contributed by atoms with van der Waals surface area (Å²) in [5, 5.41) is 10.2. The summed E-state index contributed by atoms with van der Waals surface area (Å²) in [4.78, 5) is 0.168. The molecule has 2 atom stereocenters. The molecule has 0 radical (unpaired) electrons. The number of hydrogen-bond acceptors (Lipinski definition) is 3. The van der Waals surface area contributed by atoms with Gasteiger partial charge in [-0.15, -0.1) is 0 Å². The molecule has 21 heavy (non-hydrogen) atoms. The average molecular weight is 368 g/mol. The zero-order chi connectivity index (χ0) is 15.0. The number of halogens is 1. The fourth-order valence-electron chi connectivity index (χ4n) is 2.61. The summed E-state index contributed by atoms with van der Waals surface area (Å²) in [6.45, 7) is 0. The third-order valence-corrected chi connectivity index (χ3v) is 6.07. The third-order valence-electron chi connectivity index (χ3n) is 3.61. The van der Waals surface area contributed by atoms with Gasteiger partial charge < -0.3 is 5.11 Å². The van der Waals surface area contributed by atoms with Crippen LogP contribution in [0.5, 0.6) is 0 Å². The van der Waals surface area contributed by atoms with Crippen LogP contribution in [-0.2, 0) is 16.4 Å². The molecule has 0 saturated carbocycles. The molecule has 0 aromatic heterocycles. The monoisotopic (exact) mass is 367 g/mol. The largest absolute Gasteiger partial charge is 0.391 e. The van der Waals surface area contributed by atoms with E-state index in [-0.39, 0.29) is 4.90 Å². The minimum atomic E-state index is -3.71. The zero-order valence-electron chi connectivity index (χ0n) is 11.0. The van der Waals surface area contributed by atoms with Crippen molar-refractivity contribution in [1.29, 1.82) is 0 Å². The molecule has 1 aliphatic carbocycles. The Morgan fingerprint density at radius 1 is 1.10 bits per heavy atom. The van der Waals surface area contributed by atoms with E-state index in [0.717, 1.165) is 11.1 Å². The van der Waals surface area contributed by atoms with E-state index >= 15 is 0 Å². The van der Waals surface area contributed by atoms with E-state index in [4.69, 9.17) is 0 Å². The van der Waals surface area contributed by atoms with E-state index in [9.17, 15) is 13.5 Å². The van der Waals surface area contributed by atoms with Crippen LogP contribution in [0, 0.1) is 0 Å². The van der Waals surface area contributed by atoms with Crippen molar-refractivity contribution in [2.45, 2.75) is 23.5 Å². The molecule has 4 nitrogen and oxygen atoms in total. The fraction of sp³-hybridized carbons (Fsp3) is 0.200. The summed E-state index contributed by atoms with van der Waals surface area (Å²) in [5.74, 6) is 0. The highest BCUT2D eigenvalue weighted by Crippen LogP contribution is 2.33. The van der Waals surface area contributed by atoms with Crippen molar-refractivity contribution < 1.29 is 13.5 Å². The van der Waals surface area contributed by atoms with Gasteiger partial charge in [0.05, 0.1) is 17.0 Å². The molecule has 3 rings (SSSR count). The normalized spacial score (nSPS) is 21.2. The molecule has 0 heterocycles. The Labute approximate surface area is 132 Å². The summed E-state index contributed by atoms with van der Waals surface area (Å²) in [5.41, 5.74) is 1.81. The van der Waals surface area contributed by atoms with Crippen LogP contribution >= 0.6 is 15.9 Å². The predicted octanol–water partition coefficient (Wildman–Crippen LogP) is 2.39. The Morgan fingerprint density at radius 3 is 2.52 bits per heavy atom. The Bertz CT molecular complexity index is 776. The number of fused-ring (bicyclic) bond motifs is 1. The Morgan fingerprint density at radius 2 is 1.76 bits per heavy atom. The molecule has 0 fully saturated rings. The smallest absolute Gasteiger partial charge is 0.242 e. The molecular formula is C15H14BrNO3S. The number of sulfonamides is 1. The fourth-order valence-corrected chi connectivity index (χ4v) is 4.86. The van der Waals surface area contributed by atoms with Crippen molar-refractivity contribution in [2.75, 3.05) is 0 Å². The summed E-state index contributed by atoms with van der Waals surface area (Å²) in [6, 6.07) is 13.5. The van der Waals surface area contributed by atoms with Gasteiger partial charge in [0, 0.05) is 10.9 Å². The van der Waals surface area contributed by atoms with Crippen LogP contribution in [0.1, 0.15) is 17.2 Å². The molecule has 2 aromatic carbocycles. The molecule has 0 aliphatic heterocycles. The number of hydrogen-bond donors (Lipinski definition) is 2. The first-order valence-corrected chi connectivity index (χ1v) is 8.79. The number of nitrogens with one attached hydrogen (secondary N) is 1. The number of benzene rings is 2. The van der Waals surface area contributed by atoms with E-state index in [1.807, 2.05) is 24.3 Å². The second-order valence-corrected chi connectivity index (χ2v) is 7.54. The third kappa shape index (κ3) is 2.76. The molecule has 2 N–H and O–H groups in total. The second kappa shape index (κ2) is 5.53. The van der Waals surface area contributed by atoms with E-state index in [2.05, 4.69) is 20.7 Å². The maximum atomic E-state index is 12.5. The molecule has 1 aliphatic rings. The molecule has 0 unspecified atom stereocenters. The molecule has 0 saturated heterocycles. The number of rotatable bonds is 3. The van der Waals surface area contributed by atoms with Gasteiger partial charge in [-0.05, 0) is 39.2 Å². The zero-order valence-corrected chi connectivity index (χ0v) is 13.4. The lowest BCUT2D eigenvalue weighted by atomic mass is 10.1. The number of aliphatic hydroxyl groups excluding tert-OH is 1. The molecule has 0 spiro atoms. The second-order valence-electron chi connectivity index (χ2n) is 5.00. The lowest BCUT2D eigenvalue weighted by Crippen LogP contribution is -2.34. The van der Waals surface area contributed by atoms with Gasteiger partial charge in [0.15, 0.2) is 0 Å². The quantitative estimate of drug-likeness (QED) is 0.874. The van der Waals surface area contributed by atoms with Crippen molar-refractivity contribution in [3.8, 4) is 0 Å². The summed E-state index contributed by atoms with van der Waals surface area (Å²) < 4.78 is 28.1. The summed E-state index contributed by atoms with van der Waals surface area (Å²) >= 11 is 3.25. The highest BCUT2D eigenvalue weighted by atomic mass is 79.9. The minimum Gasteiger partial charge on any atom is -0.391 e. The lowest BCUT2D eigenvalue weighted by Gasteiger charge is -2.18. The SMILES string of the molecule is O=S(=O)(N[C@H]1c2ccccc2C[C@@H]1O)c1ccccc1Br. The molecule has 110 valence electrons. The highest BCUT2D eigenvalue weighted by Gasteiger charge is 2.34. The lowest BCUT2D eigenvalue weighted by molar-refractivity contribution is 0.151. The first-order chi connectivity index (χ1) is 9.99. The van der Waals surface area contributed by atoms with Crippen LogP contribution in [0.25, 0.3) is 0 Å². The van der Waals surface area contributed by atoms with Crippen LogP contribution in [0.3, 0.4) is 0 Å². The van der Waals surface area contributed by atoms with Crippen molar-refractivity contribution in [1.82, 2.24) is 4.72 Å². The van der Waals surface area contributed by atoms with Gasteiger partial charge >= 0.3 is 0 Å². The first-order valence-electron chi connectivity index (χ1n) is 6.52. The topological polar surface area (TPSA) is 66.4 Å². The van der Waals surface area contributed by atoms with Crippen LogP contribution in [0.2, 0.25) is 0 Å². The van der Waals surface area contributed by atoms with E-state index in [1.165, 1.54) is 6.07 Å². The number of aliphatic hydroxyl groups is 1.